The summed E-state index contributed by atoms with van der Waals surface area (Å²) in [6.07, 6.45) is 13.1. The van der Waals surface area contributed by atoms with E-state index in [9.17, 15) is 10.2 Å². The second-order valence-electron chi connectivity index (χ2n) is 12.8. The van der Waals surface area contributed by atoms with Crippen LogP contribution in [0.3, 0.4) is 0 Å². The Kier molecular flexibility index (Phi) is 6.26. The molecule has 3 saturated carbocycles. The van der Waals surface area contributed by atoms with Crippen molar-refractivity contribution in [3.63, 3.8) is 0 Å². The van der Waals surface area contributed by atoms with E-state index >= 15 is 0 Å². The first kappa shape index (κ1) is 22.8. The Bertz CT molecular complexity index is 653. The molecular weight excluding hydrogens is 368 g/mol. The first-order valence-corrected chi connectivity index (χ1v) is 13.1. The van der Waals surface area contributed by atoms with Crippen LogP contribution in [0, 0.1) is 52.3 Å². The first-order chi connectivity index (χ1) is 14.1. The van der Waals surface area contributed by atoms with Gasteiger partial charge >= 0.3 is 0 Å². The number of allylic oxidation sites excluding steroid dienone is 1. The van der Waals surface area contributed by atoms with E-state index in [1.165, 1.54) is 38.5 Å². The highest BCUT2D eigenvalue weighted by molar-refractivity contribution is 5.25. The molecule has 2 nitrogen and oxygen atoms in total. The van der Waals surface area contributed by atoms with Crippen molar-refractivity contribution in [3.05, 3.63) is 11.6 Å². The molecule has 0 aromatic heterocycles. The largest absolute Gasteiger partial charge is 0.393 e. The number of aliphatic hydroxyl groups is 2. The van der Waals surface area contributed by atoms with Crippen LogP contribution in [-0.4, -0.2) is 22.4 Å². The molecule has 0 aromatic rings. The van der Waals surface area contributed by atoms with Gasteiger partial charge in [-0.1, -0.05) is 53.2 Å². The molecule has 172 valence electrons. The average molecular weight is 417 g/mol. The quantitative estimate of drug-likeness (QED) is 0.495. The van der Waals surface area contributed by atoms with Gasteiger partial charge in [-0.15, -0.1) is 0 Å². The highest BCUT2D eigenvalue weighted by Gasteiger charge is 2.59. The first-order valence-electron chi connectivity index (χ1n) is 13.1. The third-order valence-corrected chi connectivity index (χ3v) is 11.1. The predicted molar refractivity (Wildman–Crippen MR) is 125 cm³/mol. The molecule has 4 rings (SSSR count). The number of hydrogen-bond acceptors (Lipinski definition) is 2. The summed E-state index contributed by atoms with van der Waals surface area (Å²) in [4.78, 5) is 0. The van der Waals surface area contributed by atoms with E-state index in [0.29, 0.717) is 28.6 Å². The lowest BCUT2D eigenvalue weighted by Gasteiger charge is -2.58. The molecular formula is C28H48O2. The van der Waals surface area contributed by atoms with E-state index in [4.69, 9.17) is 0 Å². The molecule has 0 bridgehead atoms. The number of aliphatic hydroxyl groups excluding tert-OH is 2. The molecule has 0 saturated heterocycles. The van der Waals surface area contributed by atoms with Crippen LogP contribution in [0.2, 0.25) is 0 Å². The monoisotopic (exact) mass is 416 g/mol. The number of fused-ring (bicyclic) bond motifs is 5. The molecule has 3 unspecified atom stereocenters. The normalized spacial score (nSPS) is 46.4. The number of hydrogen-bond donors (Lipinski definition) is 2. The topological polar surface area (TPSA) is 40.5 Å². The molecule has 0 heterocycles. The van der Waals surface area contributed by atoms with E-state index in [-0.39, 0.29) is 12.2 Å². The van der Waals surface area contributed by atoms with E-state index in [2.05, 4.69) is 47.6 Å². The smallest absolute Gasteiger partial charge is 0.0577 e. The summed E-state index contributed by atoms with van der Waals surface area (Å²) >= 11 is 0. The Morgan fingerprint density at radius 1 is 1.00 bits per heavy atom. The van der Waals surface area contributed by atoms with Crippen molar-refractivity contribution < 1.29 is 10.2 Å². The zero-order valence-corrected chi connectivity index (χ0v) is 20.5. The van der Waals surface area contributed by atoms with Gasteiger partial charge in [-0.25, -0.2) is 0 Å². The lowest BCUT2D eigenvalue weighted by molar-refractivity contribution is -0.0609. The molecule has 0 aromatic carbocycles. The minimum Gasteiger partial charge on any atom is -0.393 e. The van der Waals surface area contributed by atoms with Crippen LogP contribution >= 0.6 is 0 Å². The summed E-state index contributed by atoms with van der Waals surface area (Å²) in [6, 6.07) is 0. The Balaban J connectivity index is 1.50. The minimum atomic E-state index is -0.160. The van der Waals surface area contributed by atoms with Crippen LogP contribution in [-0.2, 0) is 0 Å². The summed E-state index contributed by atoms with van der Waals surface area (Å²) in [7, 11) is 0. The Hall–Kier alpha value is -0.340. The molecule has 0 amide bonds. The van der Waals surface area contributed by atoms with Crippen molar-refractivity contribution >= 4 is 0 Å². The summed E-state index contributed by atoms with van der Waals surface area (Å²) in [5.74, 6) is 4.83. The fourth-order valence-corrected chi connectivity index (χ4v) is 8.82. The van der Waals surface area contributed by atoms with Gasteiger partial charge in [-0.05, 0) is 110 Å². The highest BCUT2D eigenvalue weighted by atomic mass is 16.3. The van der Waals surface area contributed by atoms with Crippen LogP contribution in [0.15, 0.2) is 11.6 Å². The molecule has 0 spiro atoms. The van der Waals surface area contributed by atoms with Crippen LogP contribution in [0.5, 0.6) is 0 Å². The lowest BCUT2D eigenvalue weighted by Crippen LogP contribution is -2.51. The predicted octanol–water partition coefficient (Wildman–Crippen LogP) is 6.61. The fraction of sp³-hybridized carbons (Fsp3) is 0.929. The van der Waals surface area contributed by atoms with Gasteiger partial charge in [0, 0.05) is 0 Å². The van der Waals surface area contributed by atoms with Gasteiger partial charge in [-0.3, -0.25) is 0 Å². The van der Waals surface area contributed by atoms with Crippen molar-refractivity contribution in [3.8, 4) is 0 Å². The van der Waals surface area contributed by atoms with Crippen molar-refractivity contribution in [1.29, 1.82) is 0 Å². The van der Waals surface area contributed by atoms with Gasteiger partial charge < -0.3 is 10.2 Å². The second-order valence-corrected chi connectivity index (χ2v) is 12.8. The third-order valence-electron chi connectivity index (χ3n) is 11.1. The van der Waals surface area contributed by atoms with E-state index in [1.807, 2.05) is 0 Å². The lowest BCUT2D eigenvalue weighted by atomic mass is 9.47. The van der Waals surface area contributed by atoms with Gasteiger partial charge in [0.2, 0.25) is 0 Å². The summed E-state index contributed by atoms with van der Waals surface area (Å²) in [5.41, 5.74) is 2.38. The maximum absolute atomic E-state index is 10.8. The van der Waals surface area contributed by atoms with Gasteiger partial charge in [-0.2, -0.15) is 0 Å². The summed E-state index contributed by atoms with van der Waals surface area (Å²) in [6.45, 7) is 14.3. The van der Waals surface area contributed by atoms with Crippen LogP contribution in [0.25, 0.3) is 0 Å². The number of rotatable bonds is 5. The van der Waals surface area contributed by atoms with Gasteiger partial charge in [0.05, 0.1) is 12.2 Å². The second kappa shape index (κ2) is 8.22. The molecule has 2 heteroatoms. The summed E-state index contributed by atoms with van der Waals surface area (Å²) < 4.78 is 0. The zero-order chi connectivity index (χ0) is 21.8. The van der Waals surface area contributed by atoms with Crippen LogP contribution < -0.4 is 0 Å². The highest BCUT2D eigenvalue weighted by Crippen LogP contribution is 2.67. The molecule has 0 aliphatic heterocycles. The van der Waals surface area contributed by atoms with Gasteiger partial charge in [0.25, 0.3) is 0 Å². The Labute approximate surface area is 185 Å². The molecule has 30 heavy (non-hydrogen) atoms. The van der Waals surface area contributed by atoms with E-state index < -0.39 is 0 Å². The Morgan fingerprint density at radius 3 is 2.43 bits per heavy atom. The van der Waals surface area contributed by atoms with Crippen LogP contribution in [0.1, 0.15) is 99.3 Å². The van der Waals surface area contributed by atoms with Crippen molar-refractivity contribution in [2.24, 2.45) is 52.3 Å². The van der Waals surface area contributed by atoms with Gasteiger partial charge in [0.1, 0.15) is 0 Å². The van der Waals surface area contributed by atoms with Crippen molar-refractivity contribution in [1.82, 2.24) is 0 Å². The standard InChI is InChI=1S/C28H48O2/c1-17(2)19(4)26(30)15-18(3)23-9-10-24-22-8-7-20-16-21(29)11-13-27(20,5)25(22)12-14-28(23,24)6/h7,17-19,21-26,29-30H,8-16H2,1-6H3/t18-,19-,21+,22?,23-,24?,25?,26-,27+,28-/m1/s1. The molecule has 10 atom stereocenters. The van der Waals surface area contributed by atoms with Crippen LogP contribution in [0.4, 0.5) is 0 Å². The zero-order valence-electron chi connectivity index (χ0n) is 20.5. The van der Waals surface area contributed by atoms with Gasteiger partial charge in [0.15, 0.2) is 0 Å². The van der Waals surface area contributed by atoms with Crippen molar-refractivity contribution in [2.75, 3.05) is 0 Å². The SMILES string of the molecule is CC(C)[C@@H](C)[C@H](O)C[C@@H](C)[C@H]1CCC2C3CC=C4C[C@@H](O)CC[C@]4(C)C3CC[C@@]21C. The third kappa shape index (κ3) is 3.62. The fourth-order valence-electron chi connectivity index (χ4n) is 8.82. The molecule has 4 aliphatic carbocycles. The molecule has 0 radical (unpaired) electrons. The summed E-state index contributed by atoms with van der Waals surface area (Å²) in [5, 5.41) is 21.1. The maximum Gasteiger partial charge on any atom is 0.0577 e. The van der Waals surface area contributed by atoms with E-state index in [1.54, 1.807) is 5.57 Å². The molecule has 2 N–H and O–H groups in total. The molecule has 4 aliphatic rings. The van der Waals surface area contributed by atoms with Crippen molar-refractivity contribution in [2.45, 2.75) is 112 Å². The average Bonchev–Trinajstić information content (AvgIpc) is 3.05. The minimum absolute atomic E-state index is 0.105. The molecule has 3 fully saturated rings. The maximum atomic E-state index is 10.8. The Morgan fingerprint density at radius 2 is 1.73 bits per heavy atom. The van der Waals surface area contributed by atoms with E-state index in [0.717, 1.165) is 42.9 Å².